The van der Waals surface area contributed by atoms with Gasteiger partial charge >= 0.3 is 0 Å². The number of aromatic amines is 1. The van der Waals surface area contributed by atoms with Gasteiger partial charge in [0.1, 0.15) is 5.69 Å². The fraction of sp³-hybridized carbons (Fsp3) is 0.364. The molecular formula is C22H26N4O. The molecule has 2 aromatic carbocycles. The Hall–Kier alpha value is -2.82. The lowest BCUT2D eigenvalue weighted by molar-refractivity contribution is 0.428. The molecule has 1 aromatic heterocycles. The van der Waals surface area contributed by atoms with Gasteiger partial charge in [0.2, 0.25) is 0 Å². The van der Waals surface area contributed by atoms with E-state index in [9.17, 15) is 4.79 Å². The molecular weight excluding hydrogens is 336 g/mol. The van der Waals surface area contributed by atoms with Crippen molar-refractivity contribution >= 4 is 22.4 Å². The van der Waals surface area contributed by atoms with Crippen LogP contribution in [0.5, 0.6) is 0 Å². The van der Waals surface area contributed by atoms with Crippen LogP contribution in [0.15, 0.2) is 47.3 Å². The van der Waals surface area contributed by atoms with Gasteiger partial charge in [0.15, 0.2) is 0 Å². The van der Waals surface area contributed by atoms with E-state index in [1.807, 2.05) is 42.5 Å². The van der Waals surface area contributed by atoms with Crippen LogP contribution < -0.4 is 16.2 Å². The van der Waals surface area contributed by atoms with E-state index in [2.05, 4.69) is 21.9 Å². The average molecular weight is 362 g/mol. The lowest BCUT2D eigenvalue weighted by Crippen LogP contribution is -2.33. The Morgan fingerprint density at radius 2 is 1.89 bits per heavy atom. The second kappa shape index (κ2) is 7.43. The maximum absolute atomic E-state index is 12.4. The summed E-state index contributed by atoms with van der Waals surface area (Å²) in [4.78, 5) is 22.4. The highest BCUT2D eigenvalue weighted by Crippen LogP contribution is 2.32. The third-order valence-electron chi connectivity index (χ3n) is 5.63. The summed E-state index contributed by atoms with van der Waals surface area (Å²) in [7, 11) is 2.12. The number of benzene rings is 2. The zero-order valence-electron chi connectivity index (χ0n) is 15.7. The fourth-order valence-electron chi connectivity index (χ4n) is 4.06. The Balaban J connectivity index is 1.71. The van der Waals surface area contributed by atoms with Crippen molar-refractivity contribution in [2.24, 2.45) is 0 Å². The van der Waals surface area contributed by atoms with Crippen molar-refractivity contribution in [3.05, 3.63) is 64.1 Å². The molecule has 3 aromatic rings. The molecule has 1 saturated carbocycles. The van der Waals surface area contributed by atoms with Gasteiger partial charge in [-0.25, -0.2) is 4.98 Å². The molecule has 0 aliphatic heterocycles. The molecule has 27 heavy (non-hydrogen) atoms. The summed E-state index contributed by atoms with van der Waals surface area (Å²) in [6.45, 7) is 0. The average Bonchev–Trinajstić information content (AvgIpc) is 2.69. The highest BCUT2D eigenvalue weighted by Gasteiger charge is 2.20. The van der Waals surface area contributed by atoms with E-state index in [4.69, 9.17) is 5.73 Å². The standard InChI is InChI=1S/C22H26N4O/c1-26(16-10-6-3-7-11-16)21-14-19-18(13-17(21)23)25-22(27)20(24-19)12-15-8-4-2-5-9-15/h2,4-5,8-9,13-14,16H,3,6-7,10-12,23H2,1H3,(H,25,27). The summed E-state index contributed by atoms with van der Waals surface area (Å²) >= 11 is 0. The monoisotopic (exact) mass is 362 g/mol. The zero-order chi connectivity index (χ0) is 18.8. The normalized spacial score (nSPS) is 15.1. The maximum atomic E-state index is 12.4. The molecule has 5 heteroatoms. The number of fused-ring (bicyclic) bond motifs is 1. The number of hydrogen-bond donors (Lipinski definition) is 2. The zero-order valence-corrected chi connectivity index (χ0v) is 15.7. The first-order chi connectivity index (χ1) is 13.1. The molecule has 1 aliphatic carbocycles. The van der Waals surface area contributed by atoms with Crippen molar-refractivity contribution in [3.63, 3.8) is 0 Å². The lowest BCUT2D eigenvalue weighted by atomic mass is 9.94. The summed E-state index contributed by atoms with van der Waals surface area (Å²) in [6.07, 6.45) is 6.79. The highest BCUT2D eigenvalue weighted by atomic mass is 16.1. The second-order valence-electron chi connectivity index (χ2n) is 7.51. The topological polar surface area (TPSA) is 75.0 Å². The van der Waals surface area contributed by atoms with Crippen LogP contribution in [0.25, 0.3) is 11.0 Å². The molecule has 0 amide bonds. The van der Waals surface area contributed by atoms with Crippen LogP contribution >= 0.6 is 0 Å². The van der Waals surface area contributed by atoms with Gasteiger partial charge in [0.05, 0.1) is 22.4 Å². The summed E-state index contributed by atoms with van der Waals surface area (Å²) < 4.78 is 0. The third-order valence-corrected chi connectivity index (χ3v) is 5.63. The van der Waals surface area contributed by atoms with Crippen molar-refractivity contribution in [1.82, 2.24) is 9.97 Å². The number of H-pyrrole nitrogens is 1. The molecule has 0 spiro atoms. The van der Waals surface area contributed by atoms with E-state index in [1.54, 1.807) is 0 Å². The third kappa shape index (κ3) is 3.68. The quantitative estimate of drug-likeness (QED) is 0.691. The minimum atomic E-state index is -0.154. The molecule has 0 saturated heterocycles. The summed E-state index contributed by atoms with van der Waals surface area (Å²) in [5.41, 5.74) is 10.9. The number of nitrogen functional groups attached to an aromatic ring is 1. The van der Waals surface area contributed by atoms with E-state index in [0.717, 1.165) is 16.8 Å². The number of hydrogen-bond acceptors (Lipinski definition) is 4. The number of nitrogens with one attached hydrogen (secondary N) is 1. The molecule has 0 bridgehead atoms. The molecule has 0 atom stereocenters. The number of nitrogens with zero attached hydrogens (tertiary/aromatic N) is 2. The minimum absolute atomic E-state index is 0.154. The van der Waals surface area contributed by atoms with Crippen LogP contribution in [-0.2, 0) is 6.42 Å². The molecule has 0 unspecified atom stereocenters. The number of rotatable bonds is 4. The molecule has 140 valence electrons. The smallest absolute Gasteiger partial charge is 0.270 e. The van der Waals surface area contributed by atoms with Crippen LogP contribution in [-0.4, -0.2) is 23.1 Å². The van der Waals surface area contributed by atoms with Gasteiger partial charge in [-0.15, -0.1) is 0 Å². The van der Waals surface area contributed by atoms with Gasteiger partial charge in [-0.2, -0.15) is 0 Å². The van der Waals surface area contributed by atoms with Gasteiger partial charge in [0.25, 0.3) is 5.56 Å². The highest BCUT2D eigenvalue weighted by molar-refractivity contribution is 5.86. The van der Waals surface area contributed by atoms with Gasteiger partial charge in [-0.3, -0.25) is 4.79 Å². The first-order valence-electron chi connectivity index (χ1n) is 9.71. The van der Waals surface area contributed by atoms with E-state index in [0.29, 0.717) is 29.4 Å². The van der Waals surface area contributed by atoms with Gasteiger partial charge in [-0.1, -0.05) is 49.6 Å². The van der Waals surface area contributed by atoms with Crippen molar-refractivity contribution in [2.75, 3.05) is 17.7 Å². The maximum Gasteiger partial charge on any atom is 0.270 e. The van der Waals surface area contributed by atoms with Crippen LogP contribution in [0, 0.1) is 0 Å². The van der Waals surface area contributed by atoms with Crippen LogP contribution in [0.4, 0.5) is 11.4 Å². The second-order valence-corrected chi connectivity index (χ2v) is 7.51. The molecule has 3 N–H and O–H groups in total. The molecule has 5 nitrogen and oxygen atoms in total. The van der Waals surface area contributed by atoms with Crippen molar-refractivity contribution in [1.29, 1.82) is 0 Å². The Labute approximate surface area is 159 Å². The van der Waals surface area contributed by atoms with Crippen molar-refractivity contribution in [2.45, 2.75) is 44.6 Å². The molecule has 1 heterocycles. The molecule has 0 radical (unpaired) electrons. The summed E-state index contributed by atoms with van der Waals surface area (Å²) in [5, 5.41) is 0. The molecule has 4 rings (SSSR count). The Bertz CT molecular complexity index is 990. The summed E-state index contributed by atoms with van der Waals surface area (Å²) in [5.74, 6) is 0. The van der Waals surface area contributed by atoms with E-state index < -0.39 is 0 Å². The number of nitrogens with two attached hydrogens (primary N) is 1. The van der Waals surface area contributed by atoms with Crippen molar-refractivity contribution in [3.8, 4) is 0 Å². The van der Waals surface area contributed by atoms with Gasteiger partial charge < -0.3 is 15.6 Å². The number of aromatic nitrogens is 2. The summed E-state index contributed by atoms with van der Waals surface area (Å²) in [6, 6.07) is 14.3. The van der Waals surface area contributed by atoms with E-state index in [-0.39, 0.29) is 5.56 Å². The Kier molecular flexibility index (Phi) is 4.84. The van der Waals surface area contributed by atoms with Crippen LogP contribution in [0.1, 0.15) is 43.4 Å². The predicted molar refractivity (Wildman–Crippen MR) is 111 cm³/mol. The van der Waals surface area contributed by atoms with E-state index >= 15 is 0 Å². The molecule has 1 aliphatic rings. The predicted octanol–water partition coefficient (Wildman–Crippen LogP) is 3.87. The van der Waals surface area contributed by atoms with Crippen LogP contribution in [0.3, 0.4) is 0 Å². The SMILES string of the molecule is CN(c1cc2nc(Cc3ccccc3)c(=O)[nH]c2cc1N)C1CCCCC1. The van der Waals surface area contributed by atoms with Gasteiger partial charge in [-0.05, 0) is 30.5 Å². The van der Waals surface area contributed by atoms with Crippen LogP contribution in [0.2, 0.25) is 0 Å². The lowest BCUT2D eigenvalue weighted by Gasteiger charge is -2.33. The first-order valence-corrected chi connectivity index (χ1v) is 9.71. The largest absolute Gasteiger partial charge is 0.397 e. The first kappa shape index (κ1) is 17.6. The Morgan fingerprint density at radius 3 is 2.63 bits per heavy atom. The van der Waals surface area contributed by atoms with Crippen molar-refractivity contribution < 1.29 is 0 Å². The Morgan fingerprint density at radius 1 is 1.15 bits per heavy atom. The minimum Gasteiger partial charge on any atom is -0.397 e. The van der Waals surface area contributed by atoms with E-state index in [1.165, 1.54) is 32.1 Å². The fourth-order valence-corrected chi connectivity index (χ4v) is 4.06. The molecule has 1 fully saturated rings. The van der Waals surface area contributed by atoms with Gasteiger partial charge in [0, 0.05) is 19.5 Å². The number of anilines is 2.